The third-order valence-corrected chi connectivity index (χ3v) is 4.49. The van der Waals surface area contributed by atoms with Crippen LogP contribution >= 0.6 is 34.0 Å². The van der Waals surface area contributed by atoms with Crippen molar-refractivity contribution in [3.8, 4) is 11.5 Å². The summed E-state index contributed by atoms with van der Waals surface area (Å²) in [4.78, 5) is 24.9. The monoisotopic (exact) mass is 520 g/mol. The predicted octanol–water partition coefficient (Wildman–Crippen LogP) is 1.38. The molecule has 1 fully saturated rings. The van der Waals surface area contributed by atoms with Crippen molar-refractivity contribution in [1.29, 1.82) is 0 Å². The van der Waals surface area contributed by atoms with Crippen molar-refractivity contribution in [2.45, 2.75) is 6.42 Å². The van der Waals surface area contributed by atoms with Crippen molar-refractivity contribution >= 4 is 62.5 Å². The van der Waals surface area contributed by atoms with E-state index in [0.29, 0.717) is 73.3 Å². The number of carbonyl (C=O) groups excluding carboxylic acids is 1. The van der Waals surface area contributed by atoms with Crippen LogP contribution in [0.4, 0.5) is 11.8 Å². The number of rotatable bonds is 5. The van der Waals surface area contributed by atoms with E-state index in [9.17, 15) is 4.79 Å². The Morgan fingerprint density at radius 3 is 2.25 bits per heavy atom. The first kappa shape index (κ1) is 24.2. The molecule has 1 aliphatic heterocycles. The number of nitrogen functional groups attached to an aromatic ring is 1. The van der Waals surface area contributed by atoms with Crippen molar-refractivity contribution in [2.24, 2.45) is 5.73 Å². The van der Waals surface area contributed by atoms with Crippen molar-refractivity contribution < 1.29 is 14.3 Å². The molecule has 1 aromatic carbocycles. The normalized spacial score (nSPS) is 13.5. The summed E-state index contributed by atoms with van der Waals surface area (Å²) in [5, 5.41) is 0.711. The molecule has 0 saturated carbocycles. The Labute approximate surface area is 184 Å². The fourth-order valence-corrected chi connectivity index (χ4v) is 3.05. The Morgan fingerprint density at radius 1 is 1.07 bits per heavy atom. The fourth-order valence-electron chi connectivity index (χ4n) is 3.05. The molecule has 0 spiro atoms. The molecule has 2 heterocycles. The second-order valence-electron chi connectivity index (χ2n) is 6.04. The highest BCUT2D eigenvalue weighted by molar-refractivity contribution is 8.93. The van der Waals surface area contributed by atoms with Crippen molar-refractivity contribution in [3.05, 3.63) is 12.1 Å². The molecule has 1 saturated heterocycles. The highest BCUT2D eigenvalue weighted by Crippen LogP contribution is 2.34. The molecular formula is C17H26Br2N6O3. The molecular weight excluding hydrogens is 496 g/mol. The molecule has 1 aliphatic rings. The lowest BCUT2D eigenvalue weighted by Crippen LogP contribution is -2.49. The van der Waals surface area contributed by atoms with Crippen LogP contribution in [0, 0.1) is 0 Å². The molecule has 0 aliphatic carbocycles. The third-order valence-electron chi connectivity index (χ3n) is 4.49. The maximum absolute atomic E-state index is 12.0. The Kier molecular flexibility index (Phi) is 9.18. The minimum absolute atomic E-state index is 0. The smallest absolute Gasteiger partial charge is 0.228 e. The van der Waals surface area contributed by atoms with E-state index in [1.807, 2.05) is 9.80 Å². The van der Waals surface area contributed by atoms with E-state index < -0.39 is 0 Å². The Bertz CT molecular complexity index is 815. The second-order valence-corrected chi connectivity index (χ2v) is 6.04. The molecule has 9 nitrogen and oxygen atoms in total. The molecule has 2 aromatic rings. The summed E-state index contributed by atoms with van der Waals surface area (Å²) < 4.78 is 10.6. The average molecular weight is 522 g/mol. The number of nitrogens with zero attached hydrogens (tertiary/aromatic N) is 4. The highest BCUT2D eigenvalue weighted by Gasteiger charge is 2.23. The van der Waals surface area contributed by atoms with Crippen LogP contribution in [0.15, 0.2) is 12.1 Å². The minimum atomic E-state index is 0. The van der Waals surface area contributed by atoms with E-state index in [-0.39, 0.29) is 39.9 Å². The van der Waals surface area contributed by atoms with E-state index in [1.165, 1.54) is 0 Å². The van der Waals surface area contributed by atoms with Gasteiger partial charge in [-0.25, -0.2) is 4.98 Å². The van der Waals surface area contributed by atoms with Gasteiger partial charge in [0.2, 0.25) is 11.9 Å². The van der Waals surface area contributed by atoms with Gasteiger partial charge in [-0.05, 0) is 6.07 Å². The lowest BCUT2D eigenvalue weighted by molar-refractivity contribution is -0.131. The van der Waals surface area contributed by atoms with Crippen molar-refractivity contribution in [2.75, 3.05) is 57.6 Å². The molecule has 4 N–H and O–H groups in total. The van der Waals surface area contributed by atoms with Crippen LogP contribution in [0.25, 0.3) is 10.9 Å². The number of amides is 1. The summed E-state index contributed by atoms with van der Waals surface area (Å²) in [5.74, 6) is 2.18. The minimum Gasteiger partial charge on any atom is -0.493 e. The predicted molar refractivity (Wildman–Crippen MR) is 120 cm³/mol. The summed E-state index contributed by atoms with van der Waals surface area (Å²) in [6.45, 7) is 2.90. The number of aromatic nitrogens is 2. The molecule has 11 heteroatoms. The van der Waals surface area contributed by atoms with Gasteiger partial charge in [0.15, 0.2) is 11.5 Å². The number of benzene rings is 1. The zero-order valence-electron chi connectivity index (χ0n) is 15.9. The summed E-state index contributed by atoms with van der Waals surface area (Å²) >= 11 is 0. The number of carbonyl (C=O) groups is 1. The van der Waals surface area contributed by atoms with Gasteiger partial charge >= 0.3 is 0 Å². The number of methoxy groups -OCH3 is 2. The molecule has 0 bridgehead atoms. The zero-order chi connectivity index (χ0) is 18.7. The molecule has 1 amide bonds. The average Bonchev–Trinajstić information content (AvgIpc) is 2.67. The van der Waals surface area contributed by atoms with Crippen molar-refractivity contribution in [3.63, 3.8) is 0 Å². The summed E-state index contributed by atoms with van der Waals surface area (Å²) in [7, 11) is 3.15. The van der Waals surface area contributed by atoms with Gasteiger partial charge in [0.25, 0.3) is 0 Å². The first-order valence-corrected chi connectivity index (χ1v) is 8.49. The summed E-state index contributed by atoms with van der Waals surface area (Å²) in [5.41, 5.74) is 12.3. The first-order chi connectivity index (χ1) is 12.6. The molecule has 3 rings (SSSR count). The number of nitrogens with two attached hydrogens (primary N) is 2. The SMILES string of the molecule is Br.Br.COc1cc2nc(N3CCN(C(=O)CCN)CC3)nc(N)c2cc1OC. The van der Waals surface area contributed by atoms with E-state index in [2.05, 4.69) is 9.97 Å². The van der Waals surface area contributed by atoms with Crippen LogP contribution in [0.3, 0.4) is 0 Å². The van der Waals surface area contributed by atoms with E-state index >= 15 is 0 Å². The van der Waals surface area contributed by atoms with Gasteiger partial charge in [0.1, 0.15) is 5.82 Å². The standard InChI is InChI=1S/C17H24N6O3.2BrH/c1-25-13-9-11-12(10-14(13)26-2)20-17(21-16(11)19)23-7-5-22(6-8-23)15(24)3-4-18;;/h9-10H,3-8,18H2,1-2H3,(H2,19,20,21);2*1H. The quantitative estimate of drug-likeness (QED) is 0.605. The van der Waals surface area contributed by atoms with Crippen LogP contribution in [0.1, 0.15) is 6.42 Å². The van der Waals surface area contributed by atoms with Gasteiger partial charge in [0, 0.05) is 50.6 Å². The lowest BCUT2D eigenvalue weighted by Gasteiger charge is -2.34. The Morgan fingerprint density at radius 2 is 1.68 bits per heavy atom. The molecule has 0 radical (unpaired) electrons. The summed E-state index contributed by atoms with van der Waals surface area (Å²) in [6, 6.07) is 3.56. The molecule has 156 valence electrons. The number of anilines is 2. The second kappa shape index (κ2) is 10.6. The Balaban J connectivity index is 0.00000196. The van der Waals surface area contributed by atoms with Gasteiger partial charge in [-0.3, -0.25) is 4.79 Å². The summed E-state index contributed by atoms with van der Waals surface area (Å²) in [6.07, 6.45) is 0.376. The largest absolute Gasteiger partial charge is 0.493 e. The number of fused-ring (bicyclic) bond motifs is 1. The van der Waals surface area contributed by atoms with Gasteiger partial charge in [-0.2, -0.15) is 4.98 Å². The Hall–Kier alpha value is -1.85. The van der Waals surface area contributed by atoms with Crippen LogP contribution in [0.5, 0.6) is 11.5 Å². The number of piperazine rings is 1. The maximum Gasteiger partial charge on any atom is 0.228 e. The van der Waals surface area contributed by atoms with Gasteiger partial charge in [-0.15, -0.1) is 34.0 Å². The molecule has 0 atom stereocenters. The van der Waals surface area contributed by atoms with E-state index in [0.717, 1.165) is 0 Å². The van der Waals surface area contributed by atoms with Crippen molar-refractivity contribution in [1.82, 2.24) is 14.9 Å². The van der Waals surface area contributed by atoms with Gasteiger partial charge in [0.05, 0.1) is 19.7 Å². The first-order valence-electron chi connectivity index (χ1n) is 8.49. The van der Waals surface area contributed by atoms with Crippen LogP contribution in [0.2, 0.25) is 0 Å². The molecule has 1 aromatic heterocycles. The zero-order valence-corrected chi connectivity index (χ0v) is 19.3. The number of halogens is 2. The number of hydrogen-bond donors (Lipinski definition) is 2. The number of hydrogen-bond acceptors (Lipinski definition) is 8. The fraction of sp³-hybridized carbons (Fsp3) is 0.471. The lowest BCUT2D eigenvalue weighted by atomic mass is 10.2. The number of ether oxygens (including phenoxy) is 2. The van der Waals surface area contributed by atoms with E-state index in [1.54, 1.807) is 26.4 Å². The third kappa shape index (κ3) is 4.95. The van der Waals surface area contributed by atoms with Crippen LogP contribution in [-0.4, -0.2) is 67.7 Å². The molecule has 28 heavy (non-hydrogen) atoms. The van der Waals surface area contributed by atoms with Crippen LogP contribution < -0.4 is 25.8 Å². The maximum atomic E-state index is 12.0. The van der Waals surface area contributed by atoms with E-state index in [4.69, 9.17) is 20.9 Å². The van der Waals surface area contributed by atoms with Gasteiger partial charge in [-0.1, -0.05) is 0 Å². The van der Waals surface area contributed by atoms with Gasteiger partial charge < -0.3 is 30.7 Å². The topological polar surface area (TPSA) is 120 Å². The van der Waals surface area contributed by atoms with Crippen LogP contribution in [-0.2, 0) is 4.79 Å². The molecule has 0 unspecified atom stereocenters. The highest BCUT2D eigenvalue weighted by atomic mass is 79.9.